The van der Waals surface area contributed by atoms with Gasteiger partial charge in [-0.25, -0.2) is 0 Å². The normalized spacial score (nSPS) is 54.1. The molecule has 0 radical (unpaired) electrons. The van der Waals surface area contributed by atoms with Gasteiger partial charge < -0.3 is 4.74 Å². The van der Waals surface area contributed by atoms with Crippen molar-refractivity contribution < 1.29 is 14.3 Å². The third-order valence-electron chi connectivity index (χ3n) is 9.80. The summed E-state index contributed by atoms with van der Waals surface area (Å²) < 4.78 is 5.56. The number of carbonyl (C=O) groups excluding carboxylic acids is 2. The number of halogens is 2. The van der Waals surface area contributed by atoms with E-state index in [1.807, 2.05) is 0 Å². The second kappa shape index (κ2) is 7.12. The molecule has 0 saturated heterocycles. The van der Waals surface area contributed by atoms with Gasteiger partial charge in [0, 0.05) is 19.3 Å². The van der Waals surface area contributed by atoms with Gasteiger partial charge in [0.2, 0.25) is 0 Å². The van der Waals surface area contributed by atoms with Crippen LogP contribution in [0.2, 0.25) is 0 Å². The Morgan fingerprint density at radius 1 is 1.03 bits per heavy atom. The molecule has 0 aromatic carbocycles. The molecule has 29 heavy (non-hydrogen) atoms. The van der Waals surface area contributed by atoms with Gasteiger partial charge in [0.1, 0.15) is 11.9 Å². The predicted molar refractivity (Wildman–Crippen MR) is 116 cm³/mol. The molecule has 0 heterocycles. The monoisotopic (exact) mass is 442 g/mol. The molecule has 0 bridgehead atoms. The van der Waals surface area contributed by atoms with E-state index >= 15 is 0 Å². The van der Waals surface area contributed by atoms with Crippen LogP contribution in [-0.4, -0.2) is 28.1 Å². The summed E-state index contributed by atoms with van der Waals surface area (Å²) in [4.78, 5) is 23.5. The summed E-state index contributed by atoms with van der Waals surface area (Å²) in [5.41, 5.74) is 0.0417. The number of ether oxygens (including phenoxy) is 1. The zero-order valence-electron chi connectivity index (χ0n) is 18.5. The molecule has 4 aliphatic rings. The molecular weight excluding hydrogens is 407 g/mol. The second-order valence-electron chi connectivity index (χ2n) is 11.2. The topological polar surface area (TPSA) is 43.4 Å². The lowest BCUT2D eigenvalue weighted by Gasteiger charge is -2.65. The molecule has 4 aliphatic carbocycles. The molecule has 0 amide bonds. The van der Waals surface area contributed by atoms with Crippen molar-refractivity contribution in [3.63, 3.8) is 0 Å². The summed E-state index contributed by atoms with van der Waals surface area (Å²) in [5.74, 6) is 2.37. The van der Waals surface area contributed by atoms with E-state index in [0.29, 0.717) is 35.9 Å². The first-order valence-corrected chi connectivity index (χ1v) is 12.3. The summed E-state index contributed by atoms with van der Waals surface area (Å²) in [6.07, 6.45) is 6.62. The summed E-state index contributed by atoms with van der Waals surface area (Å²) in [6, 6.07) is 0. The van der Waals surface area contributed by atoms with E-state index in [-0.39, 0.29) is 34.2 Å². The first-order valence-electron chi connectivity index (χ1n) is 11.4. The van der Waals surface area contributed by atoms with Crippen molar-refractivity contribution in [3.8, 4) is 0 Å². The molecule has 0 aromatic heterocycles. The van der Waals surface area contributed by atoms with Crippen LogP contribution in [0, 0.1) is 40.4 Å². The lowest BCUT2D eigenvalue weighted by Crippen LogP contribution is -2.65. The Balaban J connectivity index is 1.65. The fraction of sp³-hybridized carbons (Fsp3) is 0.917. The average molecular weight is 443 g/mol. The van der Waals surface area contributed by atoms with Crippen molar-refractivity contribution in [3.05, 3.63) is 0 Å². The smallest absolute Gasteiger partial charge is 0.302 e. The molecule has 5 heteroatoms. The number of hydrogen-bond donors (Lipinski definition) is 0. The Labute approximate surface area is 185 Å². The lowest BCUT2D eigenvalue weighted by atomic mass is 9.44. The quantitative estimate of drug-likeness (QED) is 0.389. The van der Waals surface area contributed by atoms with Gasteiger partial charge in [0.15, 0.2) is 0 Å². The summed E-state index contributed by atoms with van der Waals surface area (Å²) in [7, 11) is 0. The number of alkyl halides is 2. The maximum atomic E-state index is 12.5. The molecule has 10 atom stereocenters. The van der Waals surface area contributed by atoms with Gasteiger partial charge in [0.05, 0.1) is 10.3 Å². The first kappa shape index (κ1) is 21.9. The van der Waals surface area contributed by atoms with E-state index in [0.717, 1.165) is 38.5 Å². The zero-order chi connectivity index (χ0) is 21.4. The average Bonchev–Trinajstić information content (AvgIpc) is 2.87. The first-order chi connectivity index (χ1) is 13.4. The highest BCUT2D eigenvalue weighted by Gasteiger charge is 2.68. The maximum Gasteiger partial charge on any atom is 0.302 e. The molecule has 0 spiro atoms. The van der Waals surface area contributed by atoms with Gasteiger partial charge in [-0.1, -0.05) is 20.8 Å². The van der Waals surface area contributed by atoms with Gasteiger partial charge in [-0.05, 0) is 80.0 Å². The Bertz CT molecular complexity index is 710. The fourth-order valence-electron chi connectivity index (χ4n) is 8.71. The third-order valence-corrected chi connectivity index (χ3v) is 11.3. The molecule has 164 valence electrons. The van der Waals surface area contributed by atoms with Crippen molar-refractivity contribution in [1.29, 1.82) is 0 Å². The van der Waals surface area contributed by atoms with E-state index in [1.54, 1.807) is 6.92 Å². The van der Waals surface area contributed by atoms with Crippen LogP contribution in [0.3, 0.4) is 0 Å². The van der Waals surface area contributed by atoms with E-state index < -0.39 is 4.87 Å². The van der Waals surface area contributed by atoms with E-state index in [2.05, 4.69) is 20.8 Å². The van der Waals surface area contributed by atoms with Crippen LogP contribution in [0.15, 0.2) is 0 Å². The molecule has 0 aromatic rings. The molecule has 4 fully saturated rings. The standard InChI is InChI=1S/C24H36Cl2O3/c1-13-10-19-17-11-20(25)24(26)12-16(29-15(3)28)6-9-23(24,5)18(17)7-8-22(19,4)21(13)14(2)27/h13,16-21H,6-12H2,1-5H3/t13-,16-,17-,18+,19+,20-,21-,22+,23-,24+/m1/s1. The van der Waals surface area contributed by atoms with Crippen LogP contribution in [0.4, 0.5) is 0 Å². The highest BCUT2D eigenvalue weighted by molar-refractivity contribution is 6.33. The van der Waals surface area contributed by atoms with Crippen molar-refractivity contribution in [2.75, 3.05) is 0 Å². The van der Waals surface area contributed by atoms with Crippen molar-refractivity contribution in [2.45, 2.75) is 95.9 Å². The minimum Gasteiger partial charge on any atom is -0.462 e. The van der Waals surface area contributed by atoms with Gasteiger partial charge in [-0.15, -0.1) is 23.2 Å². The molecule has 0 aliphatic heterocycles. The van der Waals surface area contributed by atoms with E-state index in [9.17, 15) is 9.59 Å². The van der Waals surface area contributed by atoms with Gasteiger partial charge in [0.25, 0.3) is 0 Å². The van der Waals surface area contributed by atoms with E-state index in [4.69, 9.17) is 27.9 Å². The number of ketones is 1. The molecule has 3 nitrogen and oxygen atoms in total. The fourth-order valence-corrected chi connectivity index (χ4v) is 9.75. The maximum absolute atomic E-state index is 12.5. The molecule has 0 N–H and O–H groups in total. The van der Waals surface area contributed by atoms with Gasteiger partial charge >= 0.3 is 5.97 Å². The number of esters is 1. The van der Waals surface area contributed by atoms with Crippen molar-refractivity contribution >= 4 is 35.0 Å². The second-order valence-corrected chi connectivity index (χ2v) is 12.4. The summed E-state index contributed by atoms with van der Waals surface area (Å²) in [5, 5.41) is -0.136. The summed E-state index contributed by atoms with van der Waals surface area (Å²) >= 11 is 14.4. The van der Waals surface area contributed by atoms with Gasteiger partial charge in [-0.2, -0.15) is 0 Å². The number of hydrogen-bond acceptors (Lipinski definition) is 3. The minimum absolute atomic E-state index is 0.0561. The lowest BCUT2D eigenvalue weighted by molar-refractivity contribution is -0.157. The number of fused-ring (bicyclic) bond motifs is 5. The Kier molecular flexibility index (Phi) is 5.39. The van der Waals surface area contributed by atoms with Crippen molar-refractivity contribution in [1.82, 2.24) is 0 Å². The van der Waals surface area contributed by atoms with E-state index in [1.165, 1.54) is 6.92 Å². The molecule has 4 saturated carbocycles. The Morgan fingerprint density at radius 2 is 1.72 bits per heavy atom. The SMILES string of the molecule is CC(=O)O[C@@H]1CC[C@]2(C)[C@H]3CC[C@@]4(C)[C@@H](C[C@@H](C)[C@@H]4C(C)=O)[C@@H]3C[C@@H](Cl)[C@@]2(Cl)C1. The number of carbonyl (C=O) groups is 2. The number of rotatable bonds is 2. The Morgan fingerprint density at radius 3 is 2.34 bits per heavy atom. The van der Waals surface area contributed by atoms with Gasteiger partial charge in [-0.3, -0.25) is 9.59 Å². The molecule has 4 rings (SSSR count). The van der Waals surface area contributed by atoms with Crippen LogP contribution in [0.5, 0.6) is 0 Å². The van der Waals surface area contributed by atoms with Crippen molar-refractivity contribution in [2.24, 2.45) is 40.4 Å². The number of Topliss-reactive ketones (excluding diaryl/α,β-unsaturated/α-hetero) is 1. The van der Waals surface area contributed by atoms with Crippen LogP contribution >= 0.6 is 23.2 Å². The Hall–Kier alpha value is -0.280. The predicted octanol–water partition coefficient (Wildman–Crippen LogP) is 5.99. The molecular formula is C24H36Cl2O3. The summed E-state index contributed by atoms with van der Waals surface area (Å²) in [6.45, 7) is 10.2. The third kappa shape index (κ3) is 3.04. The highest BCUT2D eigenvalue weighted by atomic mass is 35.5. The van der Waals surface area contributed by atoms with Crippen LogP contribution in [-0.2, 0) is 14.3 Å². The van der Waals surface area contributed by atoms with Crippen LogP contribution < -0.4 is 0 Å². The highest BCUT2D eigenvalue weighted by Crippen LogP contribution is 2.71. The molecule has 0 unspecified atom stereocenters. The minimum atomic E-state index is -0.536. The largest absolute Gasteiger partial charge is 0.462 e. The van der Waals surface area contributed by atoms with Crippen LogP contribution in [0.25, 0.3) is 0 Å². The van der Waals surface area contributed by atoms with Crippen LogP contribution in [0.1, 0.15) is 79.6 Å². The zero-order valence-corrected chi connectivity index (χ0v) is 20.0.